The highest BCUT2D eigenvalue weighted by atomic mass is 19.1. The molecule has 2 fully saturated rings. The number of benzene rings is 1. The van der Waals surface area contributed by atoms with Crippen molar-refractivity contribution >= 4 is 5.96 Å². The van der Waals surface area contributed by atoms with Crippen molar-refractivity contribution in [3.63, 3.8) is 0 Å². The van der Waals surface area contributed by atoms with Gasteiger partial charge in [-0.25, -0.2) is 4.39 Å². The summed E-state index contributed by atoms with van der Waals surface area (Å²) >= 11 is 0. The molecule has 28 heavy (non-hydrogen) atoms. The molecule has 1 atom stereocenters. The molecule has 1 N–H and O–H groups in total. The van der Waals surface area contributed by atoms with Crippen molar-refractivity contribution < 1.29 is 13.9 Å². The quantitative estimate of drug-likeness (QED) is 0.572. The van der Waals surface area contributed by atoms with Crippen LogP contribution in [0.1, 0.15) is 44.6 Å². The molecule has 6 heteroatoms. The van der Waals surface area contributed by atoms with E-state index in [9.17, 15) is 4.39 Å². The molecule has 0 amide bonds. The molecule has 1 unspecified atom stereocenters. The maximum Gasteiger partial charge on any atom is 0.193 e. The normalized spacial score (nSPS) is 21.7. The number of halogens is 1. The molecular formula is C22H34FN3O2. The Hall–Kier alpha value is -1.66. The van der Waals surface area contributed by atoms with E-state index in [1.54, 1.807) is 6.07 Å². The lowest BCUT2D eigenvalue weighted by molar-refractivity contribution is -0.0721. The third-order valence-corrected chi connectivity index (χ3v) is 5.47. The second-order valence-electron chi connectivity index (χ2n) is 7.59. The molecule has 2 saturated heterocycles. The molecule has 0 saturated carbocycles. The summed E-state index contributed by atoms with van der Waals surface area (Å²) in [6, 6.07) is 6.93. The molecule has 2 heterocycles. The SMILES string of the molecule is CCNC(=NCCc1ccccc1F)N1CCC(OCC2CCCCO2)CC1. The van der Waals surface area contributed by atoms with Crippen LogP contribution in [0.2, 0.25) is 0 Å². The van der Waals surface area contributed by atoms with E-state index in [1.165, 1.54) is 18.9 Å². The lowest BCUT2D eigenvalue weighted by atomic mass is 10.1. The lowest BCUT2D eigenvalue weighted by Crippen LogP contribution is -2.47. The molecule has 0 aliphatic carbocycles. The van der Waals surface area contributed by atoms with Gasteiger partial charge in [0, 0.05) is 32.8 Å². The van der Waals surface area contributed by atoms with E-state index >= 15 is 0 Å². The van der Waals surface area contributed by atoms with Gasteiger partial charge < -0.3 is 19.7 Å². The van der Waals surface area contributed by atoms with Gasteiger partial charge in [-0.1, -0.05) is 18.2 Å². The number of aliphatic imine (C=N–C) groups is 1. The van der Waals surface area contributed by atoms with Crippen molar-refractivity contribution in [2.24, 2.45) is 4.99 Å². The van der Waals surface area contributed by atoms with Gasteiger partial charge in [0.05, 0.1) is 18.8 Å². The summed E-state index contributed by atoms with van der Waals surface area (Å²) in [6.07, 6.45) is 6.77. The Balaban J connectivity index is 1.43. The first-order valence-corrected chi connectivity index (χ1v) is 10.8. The zero-order valence-corrected chi connectivity index (χ0v) is 17.0. The third-order valence-electron chi connectivity index (χ3n) is 5.47. The second kappa shape index (κ2) is 11.4. The van der Waals surface area contributed by atoms with E-state index in [2.05, 4.69) is 17.1 Å². The molecule has 2 aliphatic heterocycles. The molecule has 0 spiro atoms. The molecule has 5 nitrogen and oxygen atoms in total. The molecule has 0 aromatic heterocycles. The molecule has 0 radical (unpaired) electrons. The highest BCUT2D eigenvalue weighted by molar-refractivity contribution is 5.80. The topological polar surface area (TPSA) is 46.1 Å². The van der Waals surface area contributed by atoms with Gasteiger partial charge >= 0.3 is 0 Å². The van der Waals surface area contributed by atoms with Crippen LogP contribution in [0.5, 0.6) is 0 Å². The Bertz CT molecular complexity index is 612. The zero-order chi connectivity index (χ0) is 19.6. The van der Waals surface area contributed by atoms with Gasteiger partial charge in [0.25, 0.3) is 0 Å². The van der Waals surface area contributed by atoms with Crippen molar-refractivity contribution in [1.82, 2.24) is 10.2 Å². The minimum absolute atomic E-state index is 0.150. The summed E-state index contributed by atoms with van der Waals surface area (Å²) in [4.78, 5) is 7.02. The minimum atomic E-state index is -0.150. The van der Waals surface area contributed by atoms with Crippen LogP contribution in [0.4, 0.5) is 4.39 Å². The monoisotopic (exact) mass is 391 g/mol. The largest absolute Gasteiger partial charge is 0.376 e. The number of piperidine rings is 1. The highest BCUT2D eigenvalue weighted by Gasteiger charge is 2.23. The summed E-state index contributed by atoms with van der Waals surface area (Å²) in [5, 5.41) is 3.37. The number of ether oxygens (including phenoxy) is 2. The van der Waals surface area contributed by atoms with Crippen molar-refractivity contribution in [1.29, 1.82) is 0 Å². The summed E-state index contributed by atoms with van der Waals surface area (Å²) in [5.41, 5.74) is 0.721. The molecule has 0 bridgehead atoms. The number of nitrogens with one attached hydrogen (secondary N) is 1. The van der Waals surface area contributed by atoms with Crippen molar-refractivity contribution in [3.05, 3.63) is 35.6 Å². The summed E-state index contributed by atoms with van der Waals surface area (Å²) in [6.45, 7) is 6.95. The van der Waals surface area contributed by atoms with Crippen molar-refractivity contribution in [2.75, 3.05) is 39.4 Å². The Labute approximate surface area is 168 Å². The van der Waals surface area contributed by atoms with Crippen LogP contribution in [0.25, 0.3) is 0 Å². The predicted octanol–water partition coefficient (Wildman–Crippen LogP) is 3.38. The van der Waals surface area contributed by atoms with Gasteiger partial charge in [0.15, 0.2) is 5.96 Å². The Morgan fingerprint density at radius 2 is 2.07 bits per heavy atom. The van der Waals surface area contributed by atoms with Crippen LogP contribution in [0, 0.1) is 5.82 Å². The maximum atomic E-state index is 13.8. The first-order valence-electron chi connectivity index (χ1n) is 10.8. The second-order valence-corrected chi connectivity index (χ2v) is 7.59. The smallest absolute Gasteiger partial charge is 0.193 e. The summed E-state index contributed by atoms with van der Waals surface area (Å²) < 4.78 is 25.6. The first-order chi connectivity index (χ1) is 13.8. The van der Waals surface area contributed by atoms with Crippen LogP contribution in [-0.2, 0) is 15.9 Å². The molecule has 1 aromatic carbocycles. The number of hydrogen-bond acceptors (Lipinski definition) is 3. The fourth-order valence-corrected chi connectivity index (χ4v) is 3.83. The van der Waals surface area contributed by atoms with Crippen LogP contribution in [-0.4, -0.2) is 62.5 Å². The van der Waals surface area contributed by atoms with E-state index in [1.807, 2.05) is 12.1 Å². The number of likely N-dealkylation sites (tertiary alicyclic amines) is 1. The number of nitrogens with zero attached hydrogens (tertiary/aromatic N) is 2. The van der Waals surface area contributed by atoms with Gasteiger partial charge in [-0.05, 0) is 57.1 Å². The minimum Gasteiger partial charge on any atom is -0.376 e. The van der Waals surface area contributed by atoms with E-state index in [0.29, 0.717) is 19.1 Å². The van der Waals surface area contributed by atoms with Crippen LogP contribution in [0.3, 0.4) is 0 Å². The Kier molecular flexibility index (Phi) is 8.55. The Morgan fingerprint density at radius 1 is 1.25 bits per heavy atom. The summed E-state index contributed by atoms with van der Waals surface area (Å²) in [5.74, 6) is 0.774. The number of rotatable bonds is 7. The fraction of sp³-hybridized carbons (Fsp3) is 0.682. The van der Waals surface area contributed by atoms with Gasteiger partial charge in [-0.2, -0.15) is 0 Å². The number of guanidine groups is 1. The van der Waals surface area contributed by atoms with Crippen molar-refractivity contribution in [3.8, 4) is 0 Å². The molecule has 2 aliphatic rings. The van der Waals surface area contributed by atoms with Gasteiger partial charge in [0.2, 0.25) is 0 Å². The zero-order valence-electron chi connectivity index (χ0n) is 17.0. The van der Waals surface area contributed by atoms with E-state index < -0.39 is 0 Å². The van der Waals surface area contributed by atoms with Crippen molar-refractivity contribution in [2.45, 2.75) is 57.7 Å². The van der Waals surface area contributed by atoms with Gasteiger partial charge in [-0.3, -0.25) is 4.99 Å². The van der Waals surface area contributed by atoms with E-state index in [0.717, 1.165) is 63.6 Å². The predicted molar refractivity (Wildman–Crippen MR) is 110 cm³/mol. The highest BCUT2D eigenvalue weighted by Crippen LogP contribution is 2.18. The van der Waals surface area contributed by atoms with Gasteiger partial charge in [0.1, 0.15) is 5.82 Å². The van der Waals surface area contributed by atoms with Gasteiger partial charge in [-0.15, -0.1) is 0 Å². The van der Waals surface area contributed by atoms with Crippen LogP contribution >= 0.6 is 0 Å². The maximum absolute atomic E-state index is 13.8. The number of hydrogen-bond donors (Lipinski definition) is 1. The van der Waals surface area contributed by atoms with Crippen LogP contribution in [0.15, 0.2) is 29.3 Å². The summed E-state index contributed by atoms with van der Waals surface area (Å²) in [7, 11) is 0. The average Bonchev–Trinajstić information content (AvgIpc) is 2.74. The Morgan fingerprint density at radius 3 is 2.79 bits per heavy atom. The average molecular weight is 392 g/mol. The molecule has 1 aromatic rings. The lowest BCUT2D eigenvalue weighted by Gasteiger charge is -2.35. The molecule has 156 valence electrons. The first kappa shape index (κ1) is 21.1. The van der Waals surface area contributed by atoms with Crippen LogP contribution < -0.4 is 5.32 Å². The third kappa shape index (κ3) is 6.45. The fourth-order valence-electron chi connectivity index (χ4n) is 3.83. The molecule has 3 rings (SSSR count). The van der Waals surface area contributed by atoms with E-state index in [4.69, 9.17) is 14.5 Å². The van der Waals surface area contributed by atoms with E-state index in [-0.39, 0.29) is 11.9 Å². The molecular weight excluding hydrogens is 357 g/mol. The standard InChI is InChI=1S/C22H34FN3O2/c1-2-24-22(25-13-10-18-7-3-4-9-21(18)23)26-14-11-19(12-15-26)28-17-20-8-5-6-16-27-20/h3-4,7,9,19-20H,2,5-6,8,10-17H2,1H3,(H,24,25).